The molecule has 0 N–H and O–H groups in total. The first kappa shape index (κ1) is 27.4. The highest BCUT2D eigenvalue weighted by atomic mass is 19.4. The predicted octanol–water partition coefficient (Wildman–Crippen LogP) is 6.71. The zero-order chi connectivity index (χ0) is 29.1. The van der Waals surface area contributed by atoms with Crippen LogP contribution >= 0.6 is 0 Å². The van der Waals surface area contributed by atoms with Crippen molar-refractivity contribution in [3.05, 3.63) is 118 Å². The number of ether oxygens (including phenoxy) is 2. The van der Waals surface area contributed by atoms with Crippen LogP contribution in [-0.4, -0.2) is 29.2 Å². The number of hydrogen-bond donors (Lipinski definition) is 0. The Balaban J connectivity index is 1.38. The lowest BCUT2D eigenvalue weighted by Gasteiger charge is -2.11. The number of aromatic nitrogens is 2. The second kappa shape index (κ2) is 11.1. The molecule has 5 rings (SSSR count). The summed E-state index contributed by atoms with van der Waals surface area (Å²) in [5.41, 5.74) is 2.36. The summed E-state index contributed by atoms with van der Waals surface area (Å²) in [4.78, 5) is 24.5. The fraction of sp³-hybridized carbons (Fsp3) is 0.100. The number of benzene rings is 3. The lowest BCUT2D eigenvalue weighted by molar-refractivity contribution is -0.274. The molecule has 0 radical (unpaired) electrons. The van der Waals surface area contributed by atoms with Gasteiger partial charge in [0.05, 0.1) is 19.2 Å². The van der Waals surface area contributed by atoms with Gasteiger partial charge in [-0.2, -0.15) is 0 Å². The van der Waals surface area contributed by atoms with Crippen molar-refractivity contribution in [3.8, 4) is 39.5 Å². The number of rotatable bonds is 7. The van der Waals surface area contributed by atoms with Crippen molar-refractivity contribution in [3.63, 3.8) is 0 Å². The van der Waals surface area contributed by atoms with Crippen LogP contribution in [0.25, 0.3) is 33.7 Å². The summed E-state index contributed by atoms with van der Waals surface area (Å²) in [7, 11) is 1.18. The molecule has 0 aliphatic carbocycles. The molecule has 5 aromatic rings. The summed E-state index contributed by atoms with van der Waals surface area (Å²) < 4.78 is 67.7. The van der Waals surface area contributed by atoms with E-state index >= 15 is 4.39 Å². The van der Waals surface area contributed by atoms with Gasteiger partial charge in [0.25, 0.3) is 5.56 Å². The van der Waals surface area contributed by atoms with Crippen LogP contribution in [0.3, 0.4) is 0 Å². The van der Waals surface area contributed by atoms with Crippen LogP contribution in [0.2, 0.25) is 0 Å². The summed E-state index contributed by atoms with van der Waals surface area (Å²) in [6, 6.07) is 21.1. The predicted molar refractivity (Wildman–Crippen MR) is 141 cm³/mol. The van der Waals surface area contributed by atoms with Crippen molar-refractivity contribution >= 4 is 5.97 Å². The molecule has 0 bridgehead atoms. The Morgan fingerprint density at radius 2 is 1.66 bits per heavy atom. The van der Waals surface area contributed by atoms with Gasteiger partial charge in [-0.1, -0.05) is 35.5 Å². The molecule has 41 heavy (non-hydrogen) atoms. The SMILES string of the molecule is COC(=O)c1cccc(-c2cccc(Cn3cc(-c4cc(-c5ccc(OC(F)(F)F)cc5)no4)ccc3=O)c2)c1F. The van der Waals surface area contributed by atoms with Gasteiger partial charge in [-0.15, -0.1) is 13.2 Å². The number of esters is 1. The fourth-order valence-electron chi connectivity index (χ4n) is 4.23. The molecule has 0 fully saturated rings. The quantitative estimate of drug-likeness (QED) is 0.161. The number of hydrogen-bond acceptors (Lipinski definition) is 6. The third kappa shape index (κ3) is 6.19. The molecule has 11 heteroatoms. The minimum Gasteiger partial charge on any atom is -0.465 e. The maximum atomic E-state index is 15.0. The highest BCUT2D eigenvalue weighted by molar-refractivity contribution is 5.91. The van der Waals surface area contributed by atoms with Gasteiger partial charge in [0.1, 0.15) is 17.3 Å². The average Bonchev–Trinajstić information content (AvgIpc) is 3.44. The molecule has 0 spiro atoms. The topological polar surface area (TPSA) is 83.6 Å². The minimum atomic E-state index is -4.79. The number of carbonyl (C=O) groups is 1. The summed E-state index contributed by atoms with van der Waals surface area (Å²) >= 11 is 0. The van der Waals surface area contributed by atoms with E-state index in [9.17, 15) is 22.8 Å². The third-order valence-corrected chi connectivity index (χ3v) is 6.16. The van der Waals surface area contributed by atoms with Crippen LogP contribution in [0.1, 0.15) is 15.9 Å². The zero-order valence-electron chi connectivity index (χ0n) is 21.3. The van der Waals surface area contributed by atoms with E-state index in [4.69, 9.17) is 4.52 Å². The Morgan fingerprint density at radius 1 is 0.927 bits per heavy atom. The van der Waals surface area contributed by atoms with E-state index in [0.29, 0.717) is 33.7 Å². The second-order valence-electron chi connectivity index (χ2n) is 8.89. The molecule has 3 aromatic carbocycles. The van der Waals surface area contributed by atoms with E-state index in [1.807, 2.05) is 0 Å². The molecule has 0 aliphatic rings. The van der Waals surface area contributed by atoms with Crippen LogP contribution < -0.4 is 10.3 Å². The van der Waals surface area contributed by atoms with Gasteiger partial charge in [-0.05, 0) is 53.6 Å². The molecular weight excluding hydrogens is 544 g/mol. The number of carbonyl (C=O) groups excluding carboxylic acids is 1. The van der Waals surface area contributed by atoms with Crippen molar-refractivity contribution < 1.29 is 36.4 Å². The smallest absolute Gasteiger partial charge is 0.465 e. The van der Waals surface area contributed by atoms with Crippen molar-refractivity contribution in [1.82, 2.24) is 9.72 Å². The normalized spacial score (nSPS) is 11.3. The number of alkyl halides is 3. The molecule has 2 aromatic heterocycles. The second-order valence-corrected chi connectivity index (χ2v) is 8.89. The van der Waals surface area contributed by atoms with Gasteiger partial charge in [-0.25, -0.2) is 9.18 Å². The first-order valence-electron chi connectivity index (χ1n) is 12.1. The standard InChI is InChI=1S/C30H20F4N2O5/c1-39-29(38)24-7-3-6-23(28(24)31)20-5-2-4-18(14-20)16-36-17-21(10-13-27(36)37)26-15-25(35-41-26)19-8-11-22(12-9-19)40-30(32,33)34/h2-15,17H,16H2,1H3. The molecule has 0 saturated heterocycles. The highest BCUT2D eigenvalue weighted by Crippen LogP contribution is 2.30. The average molecular weight is 564 g/mol. The molecule has 0 unspecified atom stereocenters. The Bertz CT molecular complexity index is 1780. The van der Waals surface area contributed by atoms with Crippen molar-refractivity contribution in [2.45, 2.75) is 12.9 Å². The van der Waals surface area contributed by atoms with Crippen molar-refractivity contribution in [1.29, 1.82) is 0 Å². The van der Waals surface area contributed by atoms with Crippen molar-refractivity contribution in [2.24, 2.45) is 0 Å². The van der Waals surface area contributed by atoms with Crippen LogP contribution in [0.15, 0.2) is 100 Å². The summed E-state index contributed by atoms with van der Waals surface area (Å²) in [5, 5.41) is 3.99. The van der Waals surface area contributed by atoms with Crippen LogP contribution in [0, 0.1) is 5.82 Å². The Labute approximate surface area is 230 Å². The summed E-state index contributed by atoms with van der Waals surface area (Å²) in [5.74, 6) is -1.52. The molecule has 2 heterocycles. The number of pyridine rings is 1. The van der Waals surface area contributed by atoms with Gasteiger partial charge in [0, 0.05) is 35.0 Å². The van der Waals surface area contributed by atoms with E-state index in [1.54, 1.807) is 54.7 Å². The Hall–Kier alpha value is -5.19. The first-order chi connectivity index (χ1) is 19.6. The number of methoxy groups -OCH3 is 1. The Morgan fingerprint density at radius 3 is 2.39 bits per heavy atom. The third-order valence-electron chi connectivity index (χ3n) is 6.16. The van der Waals surface area contributed by atoms with E-state index in [-0.39, 0.29) is 29.0 Å². The minimum absolute atomic E-state index is 0.153. The lowest BCUT2D eigenvalue weighted by Crippen LogP contribution is -2.19. The Kier molecular flexibility index (Phi) is 7.43. The molecular formula is C30H20F4N2O5. The van der Waals surface area contributed by atoms with Crippen LogP contribution in [-0.2, 0) is 11.3 Å². The monoisotopic (exact) mass is 564 g/mol. The fourth-order valence-corrected chi connectivity index (χ4v) is 4.23. The van der Waals surface area contributed by atoms with Gasteiger partial charge in [0.2, 0.25) is 0 Å². The van der Waals surface area contributed by atoms with E-state index in [1.165, 1.54) is 48.1 Å². The van der Waals surface area contributed by atoms with E-state index in [0.717, 1.165) is 0 Å². The molecule has 208 valence electrons. The van der Waals surface area contributed by atoms with Gasteiger partial charge >= 0.3 is 12.3 Å². The van der Waals surface area contributed by atoms with Crippen molar-refractivity contribution in [2.75, 3.05) is 7.11 Å². The van der Waals surface area contributed by atoms with Gasteiger partial charge < -0.3 is 18.6 Å². The maximum absolute atomic E-state index is 15.0. The molecule has 0 amide bonds. The maximum Gasteiger partial charge on any atom is 0.573 e. The summed E-state index contributed by atoms with van der Waals surface area (Å²) in [6.45, 7) is 0.153. The van der Waals surface area contributed by atoms with Crippen LogP contribution in [0.5, 0.6) is 5.75 Å². The number of nitrogens with zero attached hydrogens (tertiary/aromatic N) is 2. The molecule has 0 aliphatic heterocycles. The lowest BCUT2D eigenvalue weighted by atomic mass is 10.00. The van der Waals surface area contributed by atoms with Crippen LogP contribution in [0.4, 0.5) is 17.6 Å². The molecule has 7 nitrogen and oxygen atoms in total. The van der Waals surface area contributed by atoms with Gasteiger partial charge in [0.15, 0.2) is 5.76 Å². The molecule has 0 atom stereocenters. The zero-order valence-corrected chi connectivity index (χ0v) is 21.3. The number of halogens is 4. The van der Waals surface area contributed by atoms with E-state index < -0.39 is 18.1 Å². The molecule has 0 saturated carbocycles. The first-order valence-corrected chi connectivity index (χ1v) is 12.1. The van der Waals surface area contributed by atoms with E-state index in [2.05, 4.69) is 14.6 Å². The highest BCUT2D eigenvalue weighted by Gasteiger charge is 2.31. The largest absolute Gasteiger partial charge is 0.573 e. The summed E-state index contributed by atoms with van der Waals surface area (Å²) in [6.07, 6.45) is -3.21. The van der Waals surface area contributed by atoms with Gasteiger partial charge in [-0.3, -0.25) is 4.79 Å².